The standard InChI is InChI=1S/C15H20N4O/c1-10-16-8-14(9-17-10)19-15(20)18-7-13-6-11-2-4-12(13)5-3-11/h2,4,8-9,11-13H,3,5-7H2,1H3,(H2,18,19,20). The van der Waals surface area contributed by atoms with Gasteiger partial charge in [0, 0.05) is 6.54 Å². The van der Waals surface area contributed by atoms with Gasteiger partial charge < -0.3 is 10.6 Å². The van der Waals surface area contributed by atoms with E-state index in [0.717, 1.165) is 12.5 Å². The topological polar surface area (TPSA) is 66.9 Å². The molecular formula is C15H20N4O. The van der Waals surface area contributed by atoms with Gasteiger partial charge in [-0.05, 0) is 43.9 Å². The molecule has 1 fully saturated rings. The first-order valence-corrected chi connectivity index (χ1v) is 7.22. The predicted molar refractivity (Wildman–Crippen MR) is 77.3 cm³/mol. The number of carbonyl (C=O) groups excluding carboxylic acids is 1. The molecule has 1 saturated carbocycles. The van der Waals surface area contributed by atoms with E-state index in [1.165, 1.54) is 19.3 Å². The summed E-state index contributed by atoms with van der Waals surface area (Å²) in [7, 11) is 0. The number of anilines is 1. The lowest BCUT2D eigenvalue weighted by atomic mass is 9.69. The van der Waals surface area contributed by atoms with Gasteiger partial charge in [-0.3, -0.25) is 0 Å². The summed E-state index contributed by atoms with van der Waals surface area (Å²) >= 11 is 0. The van der Waals surface area contributed by atoms with Crippen LogP contribution < -0.4 is 10.6 Å². The monoisotopic (exact) mass is 272 g/mol. The fourth-order valence-corrected chi connectivity index (χ4v) is 3.14. The van der Waals surface area contributed by atoms with E-state index in [0.29, 0.717) is 23.3 Å². The van der Waals surface area contributed by atoms with E-state index in [4.69, 9.17) is 0 Å². The lowest BCUT2D eigenvalue weighted by Crippen LogP contribution is -2.39. The second-order valence-electron chi connectivity index (χ2n) is 5.74. The first kappa shape index (κ1) is 13.1. The van der Waals surface area contributed by atoms with E-state index >= 15 is 0 Å². The van der Waals surface area contributed by atoms with Gasteiger partial charge in [0.2, 0.25) is 0 Å². The Hall–Kier alpha value is -1.91. The second kappa shape index (κ2) is 5.61. The van der Waals surface area contributed by atoms with Crippen molar-refractivity contribution in [3.8, 4) is 0 Å². The maximum atomic E-state index is 11.9. The Morgan fingerprint density at radius 2 is 2.10 bits per heavy atom. The molecule has 0 radical (unpaired) electrons. The van der Waals surface area contributed by atoms with Gasteiger partial charge in [-0.15, -0.1) is 0 Å². The molecule has 4 rings (SSSR count). The molecule has 0 aliphatic heterocycles. The maximum absolute atomic E-state index is 11.9. The van der Waals surface area contributed by atoms with Gasteiger partial charge in [0.25, 0.3) is 0 Å². The zero-order valence-electron chi connectivity index (χ0n) is 11.7. The van der Waals surface area contributed by atoms with Gasteiger partial charge in [-0.2, -0.15) is 0 Å². The molecule has 1 heterocycles. The summed E-state index contributed by atoms with van der Waals surface area (Å²) < 4.78 is 0. The van der Waals surface area contributed by atoms with Crippen LogP contribution in [0.3, 0.4) is 0 Å². The summed E-state index contributed by atoms with van der Waals surface area (Å²) in [6.07, 6.45) is 11.7. The third kappa shape index (κ3) is 2.98. The highest BCUT2D eigenvalue weighted by molar-refractivity contribution is 5.88. The van der Waals surface area contributed by atoms with E-state index in [1.54, 1.807) is 12.4 Å². The van der Waals surface area contributed by atoms with Crippen LogP contribution >= 0.6 is 0 Å². The average Bonchev–Trinajstić information content (AvgIpc) is 2.49. The molecule has 2 bridgehead atoms. The summed E-state index contributed by atoms with van der Waals surface area (Å²) in [6.45, 7) is 2.56. The van der Waals surface area contributed by atoms with Crippen LogP contribution in [0.4, 0.5) is 10.5 Å². The zero-order valence-corrected chi connectivity index (χ0v) is 11.7. The number of hydrogen-bond donors (Lipinski definition) is 2. The molecule has 2 amide bonds. The Morgan fingerprint density at radius 1 is 1.30 bits per heavy atom. The SMILES string of the molecule is Cc1ncc(NC(=O)NCC2CC3C=CC2CC3)cn1. The molecule has 5 nitrogen and oxygen atoms in total. The second-order valence-corrected chi connectivity index (χ2v) is 5.74. The van der Waals surface area contributed by atoms with E-state index in [1.807, 2.05) is 6.92 Å². The van der Waals surface area contributed by atoms with Crippen LogP contribution in [0, 0.1) is 24.7 Å². The molecule has 1 aromatic rings. The fourth-order valence-electron chi connectivity index (χ4n) is 3.14. The normalized spacial score (nSPS) is 27.4. The number of fused-ring (bicyclic) bond motifs is 2. The molecule has 5 heteroatoms. The predicted octanol–water partition coefficient (Wildman–Crippen LogP) is 2.51. The quantitative estimate of drug-likeness (QED) is 0.831. The van der Waals surface area contributed by atoms with Gasteiger partial charge >= 0.3 is 6.03 Å². The van der Waals surface area contributed by atoms with Crippen LogP contribution in [0.25, 0.3) is 0 Å². The van der Waals surface area contributed by atoms with E-state index in [2.05, 4.69) is 32.8 Å². The van der Waals surface area contributed by atoms with Crippen molar-refractivity contribution < 1.29 is 4.79 Å². The third-order valence-electron chi connectivity index (χ3n) is 4.28. The maximum Gasteiger partial charge on any atom is 0.319 e. The number of urea groups is 1. The largest absolute Gasteiger partial charge is 0.338 e. The van der Waals surface area contributed by atoms with E-state index in [-0.39, 0.29) is 6.03 Å². The Kier molecular flexibility index (Phi) is 3.67. The molecule has 1 aromatic heterocycles. The first-order valence-electron chi connectivity index (χ1n) is 7.22. The van der Waals surface area contributed by atoms with Gasteiger partial charge in [0.05, 0.1) is 18.1 Å². The Balaban J connectivity index is 1.48. The minimum atomic E-state index is -0.178. The highest BCUT2D eigenvalue weighted by Gasteiger charge is 2.31. The molecule has 0 saturated heterocycles. The number of hydrogen-bond acceptors (Lipinski definition) is 3. The van der Waals surface area contributed by atoms with Crippen molar-refractivity contribution in [2.75, 3.05) is 11.9 Å². The number of amides is 2. The van der Waals surface area contributed by atoms with Crippen LogP contribution in [0.1, 0.15) is 25.1 Å². The molecule has 0 aromatic carbocycles. The highest BCUT2D eigenvalue weighted by atomic mass is 16.2. The Morgan fingerprint density at radius 3 is 2.70 bits per heavy atom. The molecule has 3 atom stereocenters. The number of nitrogens with one attached hydrogen (secondary N) is 2. The fraction of sp³-hybridized carbons (Fsp3) is 0.533. The molecule has 3 aliphatic carbocycles. The van der Waals surface area contributed by atoms with Crippen LogP contribution in [-0.2, 0) is 0 Å². The number of allylic oxidation sites excluding steroid dienone is 2. The first-order chi connectivity index (χ1) is 9.70. The van der Waals surface area contributed by atoms with Crippen LogP contribution in [0.5, 0.6) is 0 Å². The number of aryl methyl sites for hydroxylation is 1. The summed E-state index contributed by atoms with van der Waals surface area (Å²) in [5.41, 5.74) is 0.623. The van der Waals surface area contributed by atoms with Crippen molar-refractivity contribution >= 4 is 11.7 Å². The lowest BCUT2D eigenvalue weighted by molar-refractivity contribution is 0.211. The van der Waals surface area contributed by atoms with Crippen molar-refractivity contribution in [2.24, 2.45) is 17.8 Å². The van der Waals surface area contributed by atoms with Crippen molar-refractivity contribution in [2.45, 2.75) is 26.2 Å². The molecule has 3 unspecified atom stereocenters. The Bertz CT molecular complexity index is 511. The van der Waals surface area contributed by atoms with Gasteiger partial charge in [-0.1, -0.05) is 12.2 Å². The number of aromatic nitrogens is 2. The number of carbonyl (C=O) groups is 1. The minimum Gasteiger partial charge on any atom is -0.338 e. The van der Waals surface area contributed by atoms with Crippen molar-refractivity contribution in [3.05, 3.63) is 30.4 Å². The third-order valence-corrected chi connectivity index (χ3v) is 4.28. The van der Waals surface area contributed by atoms with E-state index < -0.39 is 0 Å². The number of rotatable bonds is 3. The minimum absolute atomic E-state index is 0.178. The smallest absolute Gasteiger partial charge is 0.319 e. The molecule has 3 aliphatic rings. The molecule has 106 valence electrons. The summed E-state index contributed by atoms with van der Waals surface area (Å²) in [4.78, 5) is 20.0. The van der Waals surface area contributed by atoms with Crippen molar-refractivity contribution in [1.29, 1.82) is 0 Å². The highest BCUT2D eigenvalue weighted by Crippen LogP contribution is 2.39. The van der Waals surface area contributed by atoms with Crippen LogP contribution in [0.15, 0.2) is 24.5 Å². The molecule has 0 spiro atoms. The molecular weight excluding hydrogens is 252 g/mol. The zero-order chi connectivity index (χ0) is 13.9. The van der Waals surface area contributed by atoms with Gasteiger partial charge in [0.15, 0.2) is 0 Å². The summed E-state index contributed by atoms with van der Waals surface area (Å²) in [5, 5.41) is 5.72. The molecule has 2 N–H and O–H groups in total. The Labute approximate surface area is 118 Å². The van der Waals surface area contributed by atoms with Gasteiger partial charge in [-0.25, -0.2) is 14.8 Å². The van der Waals surface area contributed by atoms with E-state index in [9.17, 15) is 4.79 Å². The number of nitrogens with zero attached hydrogens (tertiary/aromatic N) is 2. The van der Waals surface area contributed by atoms with Crippen molar-refractivity contribution in [3.63, 3.8) is 0 Å². The van der Waals surface area contributed by atoms with Crippen LogP contribution in [-0.4, -0.2) is 22.5 Å². The molecule has 20 heavy (non-hydrogen) atoms. The van der Waals surface area contributed by atoms with Gasteiger partial charge in [0.1, 0.15) is 5.82 Å². The van der Waals surface area contributed by atoms with Crippen molar-refractivity contribution in [1.82, 2.24) is 15.3 Å². The average molecular weight is 272 g/mol. The summed E-state index contributed by atoms with van der Waals surface area (Å²) in [5.74, 6) is 2.64. The summed E-state index contributed by atoms with van der Waals surface area (Å²) in [6, 6.07) is -0.178. The van der Waals surface area contributed by atoms with Crippen LogP contribution in [0.2, 0.25) is 0 Å². The lowest BCUT2D eigenvalue weighted by Gasteiger charge is -2.38.